The maximum atomic E-state index is 12.5. The number of hydrogen-bond donors (Lipinski definition) is 2. The Morgan fingerprint density at radius 1 is 1.35 bits per heavy atom. The third kappa shape index (κ3) is 4.19. The van der Waals surface area contributed by atoms with Gasteiger partial charge in [-0.05, 0) is 55.9 Å². The predicted octanol–water partition coefficient (Wildman–Crippen LogP) is 5.35. The zero-order valence-electron chi connectivity index (χ0n) is 14.7. The highest BCUT2D eigenvalue weighted by atomic mass is 35.5. The number of rotatable bonds is 4. The summed E-state index contributed by atoms with van der Waals surface area (Å²) in [5, 5.41) is 6.63. The highest BCUT2D eigenvalue weighted by Crippen LogP contribution is 2.40. The maximum Gasteiger partial charge on any atom is 0.341 e. The molecule has 2 aromatic rings. The van der Waals surface area contributed by atoms with Gasteiger partial charge in [-0.3, -0.25) is 5.32 Å². The van der Waals surface area contributed by atoms with E-state index < -0.39 is 6.03 Å². The zero-order chi connectivity index (χ0) is 18.7. The topological polar surface area (TPSA) is 67.4 Å². The van der Waals surface area contributed by atoms with Gasteiger partial charge in [0.15, 0.2) is 0 Å². The van der Waals surface area contributed by atoms with Crippen LogP contribution in [-0.2, 0) is 17.6 Å². The lowest BCUT2D eigenvalue weighted by atomic mass is 9.88. The Balaban J connectivity index is 1.84. The molecule has 1 aliphatic carbocycles. The fourth-order valence-corrected chi connectivity index (χ4v) is 4.67. The predicted molar refractivity (Wildman–Crippen MR) is 106 cm³/mol. The van der Waals surface area contributed by atoms with Crippen molar-refractivity contribution in [3.8, 4) is 0 Å². The number of carbonyl (C=O) groups is 2. The number of benzene rings is 1. The number of urea groups is 1. The molecule has 1 aromatic carbocycles. The summed E-state index contributed by atoms with van der Waals surface area (Å²) < 4.78 is 5.21. The first-order valence-corrected chi connectivity index (χ1v) is 9.82. The summed E-state index contributed by atoms with van der Waals surface area (Å²) in [7, 11) is 0. The Bertz CT molecular complexity index is 834. The van der Waals surface area contributed by atoms with E-state index in [2.05, 4.69) is 17.6 Å². The van der Waals surface area contributed by atoms with Crippen molar-refractivity contribution in [1.82, 2.24) is 0 Å². The van der Waals surface area contributed by atoms with Crippen LogP contribution in [0.15, 0.2) is 24.3 Å². The van der Waals surface area contributed by atoms with Crippen molar-refractivity contribution in [3.63, 3.8) is 0 Å². The first kappa shape index (κ1) is 18.7. The average Bonchev–Trinajstić information content (AvgIpc) is 2.91. The van der Waals surface area contributed by atoms with Crippen LogP contribution in [-0.4, -0.2) is 18.6 Å². The number of ether oxygens (including phenoxy) is 1. The maximum absolute atomic E-state index is 12.5. The quantitative estimate of drug-likeness (QED) is 0.689. The van der Waals surface area contributed by atoms with Crippen LogP contribution in [0.1, 0.15) is 41.1 Å². The molecule has 1 atom stereocenters. The number of anilines is 2. The molecule has 1 aromatic heterocycles. The van der Waals surface area contributed by atoms with Gasteiger partial charge >= 0.3 is 12.0 Å². The summed E-state index contributed by atoms with van der Waals surface area (Å²) >= 11 is 7.40. The number of amides is 2. The molecule has 1 aliphatic rings. The number of thiophene rings is 1. The molecule has 0 aliphatic heterocycles. The average molecular weight is 393 g/mol. The third-order valence-electron chi connectivity index (χ3n) is 4.30. The Hall–Kier alpha value is -2.05. The van der Waals surface area contributed by atoms with Crippen LogP contribution in [0.5, 0.6) is 0 Å². The van der Waals surface area contributed by atoms with Gasteiger partial charge in [0, 0.05) is 15.6 Å². The smallest absolute Gasteiger partial charge is 0.341 e. The number of esters is 1. The van der Waals surface area contributed by atoms with Crippen molar-refractivity contribution < 1.29 is 14.3 Å². The van der Waals surface area contributed by atoms with Crippen molar-refractivity contribution in [2.24, 2.45) is 5.92 Å². The first-order valence-electron chi connectivity index (χ1n) is 8.63. The molecule has 0 spiro atoms. The van der Waals surface area contributed by atoms with Crippen LogP contribution in [0.25, 0.3) is 0 Å². The van der Waals surface area contributed by atoms with E-state index in [-0.39, 0.29) is 5.97 Å². The molecule has 3 rings (SSSR count). The molecule has 0 fully saturated rings. The molecule has 0 bridgehead atoms. The van der Waals surface area contributed by atoms with Crippen molar-refractivity contribution in [2.75, 3.05) is 17.2 Å². The molecule has 26 heavy (non-hydrogen) atoms. The number of nitrogens with one attached hydrogen (secondary N) is 2. The van der Waals surface area contributed by atoms with Crippen molar-refractivity contribution in [2.45, 2.75) is 33.1 Å². The molecule has 2 amide bonds. The largest absolute Gasteiger partial charge is 0.462 e. The SMILES string of the molecule is CCOC(=O)c1c(NC(=O)Nc2cccc(Cl)c2)sc2c1CC[C@@H](C)C2. The standard InChI is InChI=1S/C19H21ClN2O3S/c1-3-25-18(23)16-14-8-7-11(2)9-15(14)26-17(16)22-19(24)21-13-6-4-5-12(20)10-13/h4-6,10-11H,3,7-9H2,1-2H3,(H2,21,22,24)/t11-/m1/s1. The monoisotopic (exact) mass is 392 g/mol. The minimum Gasteiger partial charge on any atom is -0.462 e. The van der Waals surface area contributed by atoms with Gasteiger partial charge in [0.1, 0.15) is 5.00 Å². The van der Waals surface area contributed by atoms with E-state index in [1.165, 1.54) is 11.3 Å². The van der Waals surface area contributed by atoms with Crippen LogP contribution in [0.4, 0.5) is 15.5 Å². The summed E-state index contributed by atoms with van der Waals surface area (Å²) in [6, 6.07) is 6.49. The minimum atomic E-state index is -0.413. The summed E-state index contributed by atoms with van der Waals surface area (Å²) in [5.41, 5.74) is 2.10. The summed E-state index contributed by atoms with van der Waals surface area (Å²) in [6.07, 6.45) is 2.78. The molecule has 138 valence electrons. The molecule has 1 heterocycles. The van der Waals surface area contributed by atoms with Crippen molar-refractivity contribution in [1.29, 1.82) is 0 Å². The Morgan fingerprint density at radius 3 is 2.88 bits per heavy atom. The second-order valence-corrected chi connectivity index (χ2v) is 7.91. The first-order chi connectivity index (χ1) is 12.5. The number of fused-ring (bicyclic) bond motifs is 1. The van der Waals surface area contributed by atoms with E-state index >= 15 is 0 Å². The van der Waals surface area contributed by atoms with Gasteiger partial charge in [-0.25, -0.2) is 9.59 Å². The van der Waals surface area contributed by atoms with E-state index in [4.69, 9.17) is 16.3 Å². The number of hydrogen-bond acceptors (Lipinski definition) is 4. The van der Waals surface area contributed by atoms with Gasteiger partial charge in [-0.2, -0.15) is 0 Å². The van der Waals surface area contributed by atoms with Gasteiger partial charge in [0.2, 0.25) is 0 Å². The highest BCUT2D eigenvalue weighted by molar-refractivity contribution is 7.17. The second-order valence-electron chi connectivity index (χ2n) is 6.37. The molecular weight excluding hydrogens is 372 g/mol. The third-order valence-corrected chi connectivity index (χ3v) is 5.71. The van der Waals surface area contributed by atoms with Crippen LogP contribution >= 0.6 is 22.9 Å². The molecule has 7 heteroatoms. The van der Waals surface area contributed by atoms with E-state index in [0.717, 1.165) is 29.7 Å². The lowest BCUT2D eigenvalue weighted by molar-refractivity contribution is 0.0526. The van der Waals surface area contributed by atoms with Gasteiger partial charge < -0.3 is 10.1 Å². The van der Waals surface area contributed by atoms with Gasteiger partial charge in [0.25, 0.3) is 0 Å². The molecule has 0 radical (unpaired) electrons. The van der Waals surface area contributed by atoms with E-state index in [9.17, 15) is 9.59 Å². The summed E-state index contributed by atoms with van der Waals surface area (Å²) in [4.78, 5) is 26.0. The second kappa shape index (κ2) is 8.10. The number of halogens is 1. The summed E-state index contributed by atoms with van der Waals surface area (Å²) in [6.45, 7) is 4.28. The Kier molecular flexibility index (Phi) is 5.84. The fourth-order valence-electron chi connectivity index (χ4n) is 3.09. The molecule has 0 saturated heterocycles. The normalized spacial score (nSPS) is 15.9. The lowest BCUT2D eigenvalue weighted by Crippen LogP contribution is -2.21. The Labute approximate surface area is 161 Å². The highest BCUT2D eigenvalue weighted by Gasteiger charge is 2.29. The fraction of sp³-hybridized carbons (Fsp3) is 0.368. The van der Waals surface area contributed by atoms with E-state index in [0.29, 0.717) is 33.8 Å². The summed E-state index contributed by atoms with van der Waals surface area (Å²) in [5.74, 6) is 0.196. The zero-order valence-corrected chi connectivity index (χ0v) is 16.3. The minimum absolute atomic E-state index is 0.300. The molecule has 0 saturated carbocycles. The molecule has 2 N–H and O–H groups in total. The lowest BCUT2D eigenvalue weighted by Gasteiger charge is -2.18. The molecular formula is C19H21ClN2O3S. The van der Waals surface area contributed by atoms with Gasteiger partial charge in [-0.15, -0.1) is 11.3 Å². The van der Waals surface area contributed by atoms with E-state index in [1.807, 2.05) is 0 Å². The van der Waals surface area contributed by atoms with Crippen LogP contribution in [0.2, 0.25) is 5.02 Å². The Morgan fingerprint density at radius 2 is 2.15 bits per heavy atom. The molecule has 5 nitrogen and oxygen atoms in total. The molecule has 0 unspecified atom stereocenters. The van der Waals surface area contributed by atoms with Crippen molar-refractivity contribution in [3.05, 3.63) is 45.3 Å². The van der Waals surface area contributed by atoms with Gasteiger partial charge in [0.05, 0.1) is 12.2 Å². The van der Waals surface area contributed by atoms with Crippen molar-refractivity contribution >= 4 is 45.6 Å². The van der Waals surface area contributed by atoms with Gasteiger partial charge in [-0.1, -0.05) is 24.6 Å². The van der Waals surface area contributed by atoms with Crippen LogP contribution < -0.4 is 10.6 Å². The number of carbonyl (C=O) groups excluding carboxylic acids is 2. The van der Waals surface area contributed by atoms with E-state index in [1.54, 1.807) is 31.2 Å². The van der Waals surface area contributed by atoms with Crippen LogP contribution in [0.3, 0.4) is 0 Å². The van der Waals surface area contributed by atoms with Crippen LogP contribution in [0, 0.1) is 5.92 Å².